The molecule has 1 amide bonds. The van der Waals surface area contributed by atoms with Crippen LogP contribution in [0.25, 0.3) is 11.0 Å². The van der Waals surface area contributed by atoms with Gasteiger partial charge in [-0.1, -0.05) is 38.1 Å². The number of rotatable bonds is 6. The highest BCUT2D eigenvalue weighted by Gasteiger charge is 2.06. The molecule has 124 valence electrons. The van der Waals surface area contributed by atoms with Crippen LogP contribution in [-0.4, -0.2) is 15.9 Å². The number of carbonyl (C=O) groups is 1. The van der Waals surface area contributed by atoms with Gasteiger partial charge >= 0.3 is 0 Å². The van der Waals surface area contributed by atoms with E-state index in [1.54, 1.807) is 0 Å². The number of amides is 1. The number of fused-ring (bicyclic) bond motifs is 1. The molecule has 0 saturated carbocycles. The van der Waals surface area contributed by atoms with Gasteiger partial charge in [-0.15, -0.1) is 0 Å². The van der Waals surface area contributed by atoms with Crippen molar-refractivity contribution in [3.8, 4) is 0 Å². The number of carbonyl (C=O) groups excluding carboxylic acids is 1. The lowest BCUT2D eigenvalue weighted by Gasteiger charge is -2.08. The molecule has 2 N–H and O–H groups in total. The van der Waals surface area contributed by atoms with Gasteiger partial charge in [0.15, 0.2) is 0 Å². The fraction of sp³-hybridized carbons (Fsp3) is 0.300. The minimum atomic E-state index is 0.0689. The van der Waals surface area contributed by atoms with E-state index in [1.807, 2.05) is 56.3 Å². The maximum absolute atomic E-state index is 11.9. The van der Waals surface area contributed by atoms with Crippen molar-refractivity contribution in [3.63, 3.8) is 0 Å². The van der Waals surface area contributed by atoms with Gasteiger partial charge in [-0.3, -0.25) is 4.79 Å². The van der Waals surface area contributed by atoms with Crippen molar-refractivity contribution in [2.24, 2.45) is 5.92 Å². The predicted octanol–water partition coefficient (Wildman–Crippen LogP) is 4.33. The second-order valence-corrected chi connectivity index (χ2v) is 6.55. The number of hydrogen-bond acceptors (Lipinski definition) is 2. The number of nitrogens with zero attached hydrogens (tertiary/aromatic N) is 1. The molecule has 0 unspecified atom stereocenters. The lowest BCUT2D eigenvalue weighted by molar-refractivity contribution is -0.116. The molecular weight excluding hydrogens is 298 g/mol. The Labute approximate surface area is 142 Å². The van der Waals surface area contributed by atoms with Crippen LogP contribution >= 0.6 is 0 Å². The minimum absolute atomic E-state index is 0.0689. The summed E-state index contributed by atoms with van der Waals surface area (Å²) in [7, 11) is 0. The summed E-state index contributed by atoms with van der Waals surface area (Å²) >= 11 is 0. The summed E-state index contributed by atoms with van der Waals surface area (Å²) in [4.78, 5) is 19.8. The molecule has 0 aliphatic carbocycles. The Morgan fingerprint density at radius 2 is 1.96 bits per heavy atom. The molecule has 3 aromatic rings. The van der Waals surface area contributed by atoms with E-state index in [0.717, 1.165) is 35.4 Å². The van der Waals surface area contributed by atoms with Crippen LogP contribution in [0.3, 0.4) is 0 Å². The van der Waals surface area contributed by atoms with E-state index in [1.165, 1.54) is 5.56 Å². The van der Waals surface area contributed by atoms with Gasteiger partial charge < -0.3 is 10.3 Å². The van der Waals surface area contributed by atoms with Crippen molar-refractivity contribution in [3.05, 3.63) is 59.9 Å². The lowest BCUT2D eigenvalue weighted by Crippen LogP contribution is -2.13. The summed E-state index contributed by atoms with van der Waals surface area (Å²) in [5.74, 6) is 1.42. The molecule has 0 spiro atoms. The van der Waals surface area contributed by atoms with Gasteiger partial charge in [-0.25, -0.2) is 4.98 Å². The van der Waals surface area contributed by atoms with E-state index in [2.05, 4.69) is 21.4 Å². The van der Waals surface area contributed by atoms with Crippen LogP contribution in [0.15, 0.2) is 48.5 Å². The zero-order valence-corrected chi connectivity index (χ0v) is 14.2. The number of nitrogens with one attached hydrogen (secondary N) is 2. The van der Waals surface area contributed by atoms with Gasteiger partial charge in [0.1, 0.15) is 5.82 Å². The van der Waals surface area contributed by atoms with Crippen molar-refractivity contribution < 1.29 is 4.79 Å². The Morgan fingerprint density at radius 3 is 2.75 bits per heavy atom. The maximum Gasteiger partial charge on any atom is 0.224 e. The first-order valence-electron chi connectivity index (χ1n) is 8.42. The van der Waals surface area contributed by atoms with Gasteiger partial charge in [0, 0.05) is 18.5 Å². The highest BCUT2D eigenvalue weighted by molar-refractivity contribution is 5.90. The number of aromatic amines is 1. The molecule has 1 aromatic heterocycles. The van der Waals surface area contributed by atoms with Crippen LogP contribution in [0.2, 0.25) is 0 Å². The number of benzene rings is 2. The van der Waals surface area contributed by atoms with E-state index >= 15 is 0 Å². The Morgan fingerprint density at radius 1 is 1.12 bits per heavy atom. The van der Waals surface area contributed by atoms with Gasteiger partial charge in [0.2, 0.25) is 5.91 Å². The summed E-state index contributed by atoms with van der Waals surface area (Å²) in [6, 6.07) is 16.1. The second kappa shape index (κ2) is 7.30. The molecule has 24 heavy (non-hydrogen) atoms. The Balaban J connectivity index is 1.63. The zero-order valence-electron chi connectivity index (χ0n) is 14.2. The molecule has 4 heteroatoms. The minimum Gasteiger partial charge on any atom is -0.342 e. The third-order valence-electron chi connectivity index (χ3n) is 3.89. The molecule has 0 fully saturated rings. The van der Waals surface area contributed by atoms with Crippen molar-refractivity contribution in [1.82, 2.24) is 9.97 Å². The SMILES string of the molecule is CC(C)CC(=O)Nc1cccc(CCc2nc3ccccc3[nH]2)c1. The molecule has 1 heterocycles. The average Bonchev–Trinajstić information content (AvgIpc) is 2.95. The first kappa shape index (κ1) is 16.2. The van der Waals surface area contributed by atoms with Crippen LogP contribution in [0.5, 0.6) is 0 Å². The molecule has 2 aromatic carbocycles. The fourth-order valence-electron chi connectivity index (χ4n) is 2.77. The van der Waals surface area contributed by atoms with E-state index in [9.17, 15) is 4.79 Å². The quantitative estimate of drug-likeness (QED) is 0.710. The molecule has 4 nitrogen and oxygen atoms in total. The molecular formula is C20H23N3O. The van der Waals surface area contributed by atoms with Crippen LogP contribution < -0.4 is 5.32 Å². The number of aromatic nitrogens is 2. The summed E-state index contributed by atoms with van der Waals surface area (Å²) in [6.45, 7) is 4.09. The smallest absolute Gasteiger partial charge is 0.224 e. The van der Waals surface area contributed by atoms with Crippen molar-refractivity contribution in [2.75, 3.05) is 5.32 Å². The Bertz CT molecular complexity index is 803. The third kappa shape index (κ3) is 4.22. The van der Waals surface area contributed by atoms with Gasteiger partial charge in [0.25, 0.3) is 0 Å². The number of para-hydroxylation sites is 2. The van der Waals surface area contributed by atoms with E-state index < -0.39 is 0 Å². The fourth-order valence-corrected chi connectivity index (χ4v) is 2.77. The molecule has 3 rings (SSSR count). The van der Waals surface area contributed by atoms with Gasteiger partial charge in [0.05, 0.1) is 11.0 Å². The van der Waals surface area contributed by atoms with Crippen LogP contribution in [0.1, 0.15) is 31.7 Å². The third-order valence-corrected chi connectivity index (χ3v) is 3.89. The number of H-pyrrole nitrogens is 1. The standard InChI is InChI=1S/C20H23N3O/c1-14(2)12-20(24)21-16-7-5-6-15(13-16)10-11-19-22-17-8-3-4-9-18(17)23-19/h3-9,13-14H,10-12H2,1-2H3,(H,21,24)(H,22,23). The highest BCUT2D eigenvalue weighted by atomic mass is 16.1. The van der Waals surface area contributed by atoms with E-state index in [0.29, 0.717) is 12.3 Å². The largest absolute Gasteiger partial charge is 0.342 e. The number of imidazole rings is 1. The number of anilines is 1. The number of aryl methyl sites for hydroxylation is 2. The van der Waals surface area contributed by atoms with E-state index in [4.69, 9.17) is 0 Å². The lowest BCUT2D eigenvalue weighted by atomic mass is 10.1. The Kier molecular flexibility index (Phi) is 4.94. The van der Waals surface area contributed by atoms with Crippen molar-refractivity contribution in [2.45, 2.75) is 33.1 Å². The normalized spacial score (nSPS) is 11.1. The second-order valence-electron chi connectivity index (χ2n) is 6.55. The zero-order chi connectivity index (χ0) is 16.9. The topological polar surface area (TPSA) is 57.8 Å². The summed E-state index contributed by atoms with van der Waals surface area (Å²) in [5, 5.41) is 2.97. The average molecular weight is 321 g/mol. The van der Waals surface area contributed by atoms with Crippen LogP contribution in [0.4, 0.5) is 5.69 Å². The summed E-state index contributed by atoms with van der Waals surface area (Å²) in [6.07, 6.45) is 2.27. The number of hydrogen-bond donors (Lipinski definition) is 2. The summed E-state index contributed by atoms with van der Waals surface area (Å²) < 4.78 is 0. The van der Waals surface area contributed by atoms with Crippen molar-refractivity contribution >= 4 is 22.6 Å². The molecule has 0 atom stereocenters. The molecule has 0 aliphatic rings. The van der Waals surface area contributed by atoms with Gasteiger partial charge in [-0.05, 0) is 42.2 Å². The monoisotopic (exact) mass is 321 g/mol. The van der Waals surface area contributed by atoms with Crippen LogP contribution in [-0.2, 0) is 17.6 Å². The maximum atomic E-state index is 11.9. The molecule has 0 radical (unpaired) electrons. The molecule has 0 bridgehead atoms. The van der Waals surface area contributed by atoms with Crippen LogP contribution in [0, 0.1) is 5.92 Å². The predicted molar refractivity (Wildman–Crippen MR) is 98.0 cm³/mol. The van der Waals surface area contributed by atoms with E-state index in [-0.39, 0.29) is 5.91 Å². The molecule has 0 saturated heterocycles. The summed E-state index contributed by atoms with van der Waals surface area (Å²) in [5.41, 5.74) is 4.13. The first-order chi connectivity index (χ1) is 11.6. The van der Waals surface area contributed by atoms with Gasteiger partial charge in [-0.2, -0.15) is 0 Å². The molecule has 0 aliphatic heterocycles. The first-order valence-corrected chi connectivity index (χ1v) is 8.42. The Hall–Kier alpha value is -2.62. The van der Waals surface area contributed by atoms with Crippen molar-refractivity contribution in [1.29, 1.82) is 0 Å². The highest BCUT2D eigenvalue weighted by Crippen LogP contribution is 2.15.